The minimum Gasteiger partial charge on any atom is -0.505 e. The number of aromatic nitrogens is 1. The third-order valence-corrected chi connectivity index (χ3v) is 2.33. The summed E-state index contributed by atoms with van der Waals surface area (Å²) in [4.78, 5) is 4.25. The van der Waals surface area contributed by atoms with Crippen LogP contribution in [0, 0.1) is 19.7 Å². The van der Waals surface area contributed by atoms with Crippen molar-refractivity contribution in [1.82, 2.24) is 4.98 Å². The van der Waals surface area contributed by atoms with Gasteiger partial charge in [0.1, 0.15) is 0 Å². The Morgan fingerprint density at radius 1 is 1.21 bits per heavy atom. The number of pyridine rings is 1. The highest BCUT2D eigenvalue weighted by Gasteiger charge is 2.05. The fourth-order valence-corrected chi connectivity index (χ4v) is 1.39. The molecule has 14 heavy (non-hydrogen) atoms. The maximum Gasteiger partial charge on any atom is 0.165 e. The fraction of sp³-hybridized carbons (Fsp3) is 0.182. The van der Waals surface area contributed by atoms with Gasteiger partial charge in [0.2, 0.25) is 0 Å². The molecule has 1 aromatic heterocycles. The van der Waals surface area contributed by atoms with E-state index in [1.165, 1.54) is 12.1 Å². The van der Waals surface area contributed by atoms with Crippen LogP contribution in [0.1, 0.15) is 11.3 Å². The van der Waals surface area contributed by atoms with E-state index in [4.69, 9.17) is 5.11 Å². The van der Waals surface area contributed by atoms with Crippen LogP contribution in [0.25, 0.3) is 10.9 Å². The fourth-order valence-electron chi connectivity index (χ4n) is 1.39. The second-order valence-electron chi connectivity index (χ2n) is 3.39. The molecule has 0 aliphatic rings. The number of fused-ring (bicyclic) bond motifs is 1. The van der Waals surface area contributed by atoms with Gasteiger partial charge >= 0.3 is 0 Å². The van der Waals surface area contributed by atoms with E-state index in [1.54, 1.807) is 0 Å². The van der Waals surface area contributed by atoms with Crippen LogP contribution >= 0.6 is 0 Å². The van der Waals surface area contributed by atoms with Crippen molar-refractivity contribution in [3.8, 4) is 5.75 Å². The van der Waals surface area contributed by atoms with Crippen LogP contribution in [-0.2, 0) is 0 Å². The van der Waals surface area contributed by atoms with Crippen molar-refractivity contribution in [2.24, 2.45) is 0 Å². The molecule has 0 spiro atoms. The second-order valence-corrected chi connectivity index (χ2v) is 3.39. The van der Waals surface area contributed by atoms with Gasteiger partial charge in [-0.3, -0.25) is 4.98 Å². The van der Waals surface area contributed by atoms with E-state index < -0.39 is 5.82 Å². The van der Waals surface area contributed by atoms with E-state index in [0.29, 0.717) is 10.9 Å². The Balaban J connectivity index is 2.83. The van der Waals surface area contributed by atoms with Gasteiger partial charge in [-0.2, -0.15) is 0 Å². The predicted molar refractivity (Wildman–Crippen MR) is 52.8 cm³/mol. The number of nitrogens with zero attached hydrogens (tertiary/aromatic N) is 1. The summed E-state index contributed by atoms with van der Waals surface area (Å²) in [6.45, 7) is 3.81. The van der Waals surface area contributed by atoms with E-state index in [2.05, 4.69) is 4.98 Å². The zero-order valence-electron chi connectivity index (χ0n) is 8.00. The number of aromatic hydroxyl groups is 1. The number of phenols is 1. The van der Waals surface area contributed by atoms with Crippen molar-refractivity contribution in [2.75, 3.05) is 0 Å². The topological polar surface area (TPSA) is 33.1 Å². The molecular formula is C11H10FNO. The zero-order valence-corrected chi connectivity index (χ0v) is 8.00. The SMILES string of the molecule is Cc1cc2cc(F)c(O)cc2nc1C. The molecule has 1 N–H and O–H groups in total. The number of hydrogen-bond acceptors (Lipinski definition) is 2. The highest BCUT2D eigenvalue weighted by Crippen LogP contribution is 2.23. The Labute approximate surface area is 81.0 Å². The summed E-state index contributed by atoms with van der Waals surface area (Å²) in [5, 5.41) is 9.87. The summed E-state index contributed by atoms with van der Waals surface area (Å²) in [7, 11) is 0. The molecule has 1 heterocycles. The Kier molecular flexibility index (Phi) is 1.88. The molecule has 0 aliphatic carbocycles. The molecule has 0 fully saturated rings. The van der Waals surface area contributed by atoms with Crippen LogP contribution in [-0.4, -0.2) is 10.1 Å². The molecule has 0 saturated carbocycles. The smallest absolute Gasteiger partial charge is 0.165 e. The van der Waals surface area contributed by atoms with E-state index in [-0.39, 0.29) is 5.75 Å². The average molecular weight is 191 g/mol. The Hall–Kier alpha value is -1.64. The number of benzene rings is 1. The number of rotatable bonds is 0. The highest BCUT2D eigenvalue weighted by molar-refractivity contribution is 5.81. The molecule has 0 atom stereocenters. The van der Waals surface area contributed by atoms with E-state index in [9.17, 15) is 4.39 Å². The first-order valence-corrected chi connectivity index (χ1v) is 4.34. The Morgan fingerprint density at radius 3 is 2.64 bits per heavy atom. The monoisotopic (exact) mass is 191 g/mol. The van der Waals surface area contributed by atoms with Gasteiger partial charge in [0.05, 0.1) is 5.52 Å². The quantitative estimate of drug-likeness (QED) is 0.694. The maximum atomic E-state index is 13.0. The Bertz CT molecular complexity index is 419. The average Bonchev–Trinajstić information content (AvgIpc) is 2.11. The van der Waals surface area contributed by atoms with Crippen molar-refractivity contribution in [3.05, 3.63) is 35.3 Å². The molecule has 0 unspecified atom stereocenters. The van der Waals surface area contributed by atoms with Crippen molar-refractivity contribution in [3.63, 3.8) is 0 Å². The van der Waals surface area contributed by atoms with Gasteiger partial charge in [0.25, 0.3) is 0 Å². The van der Waals surface area contributed by atoms with Crippen LogP contribution in [0.5, 0.6) is 5.75 Å². The molecule has 1 aromatic carbocycles. The lowest BCUT2D eigenvalue weighted by Gasteiger charge is -2.03. The van der Waals surface area contributed by atoms with Crippen LogP contribution in [0.2, 0.25) is 0 Å². The van der Waals surface area contributed by atoms with E-state index in [0.717, 1.165) is 11.3 Å². The lowest BCUT2D eigenvalue weighted by molar-refractivity contribution is 0.433. The molecule has 0 saturated heterocycles. The zero-order chi connectivity index (χ0) is 10.3. The normalized spacial score (nSPS) is 10.8. The summed E-state index contributed by atoms with van der Waals surface area (Å²) in [5.74, 6) is -0.962. The van der Waals surface area contributed by atoms with Crippen LogP contribution in [0.3, 0.4) is 0 Å². The van der Waals surface area contributed by atoms with Crippen molar-refractivity contribution < 1.29 is 9.50 Å². The van der Waals surface area contributed by atoms with Crippen molar-refractivity contribution >= 4 is 10.9 Å². The number of aryl methyl sites for hydroxylation is 2. The van der Waals surface area contributed by atoms with Gasteiger partial charge in [-0.25, -0.2) is 4.39 Å². The molecule has 0 bridgehead atoms. The summed E-state index contributed by atoms with van der Waals surface area (Å²) in [6.07, 6.45) is 0. The minimum absolute atomic E-state index is 0.353. The first-order chi connectivity index (χ1) is 6.58. The van der Waals surface area contributed by atoms with Crippen LogP contribution in [0.15, 0.2) is 18.2 Å². The standard InChI is InChI=1S/C11H10FNO/c1-6-3-8-4-9(12)11(14)5-10(8)13-7(6)2/h3-5,14H,1-2H3. The van der Waals surface area contributed by atoms with E-state index >= 15 is 0 Å². The van der Waals surface area contributed by atoms with Gasteiger partial charge in [0.15, 0.2) is 11.6 Å². The lowest BCUT2D eigenvalue weighted by Crippen LogP contribution is -1.89. The maximum absolute atomic E-state index is 13.0. The van der Waals surface area contributed by atoms with Crippen LogP contribution < -0.4 is 0 Å². The molecule has 72 valence electrons. The third-order valence-electron chi connectivity index (χ3n) is 2.33. The second kappa shape index (κ2) is 2.94. The minimum atomic E-state index is -0.609. The number of halogens is 1. The van der Waals surface area contributed by atoms with Gasteiger partial charge in [0, 0.05) is 17.1 Å². The highest BCUT2D eigenvalue weighted by atomic mass is 19.1. The largest absolute Gasteiger partial charge is 0.505 e. The summed E-state index contributed by atoms with van der Waals surface area (Å²) in [6, 6.07) is 4.50. The molecule has 2 rings (SSSR count). The van der Waals surface area contributed by atoms with Gasteiger partial charge in [-0.15, -0.1) is 0 Å². The van der Waals surface area contributed by atoms with Gasteiger partial charge in [-0.1, -0.05) is 0 Å². The van der Waals surface area contributed by atoms with Crippen molar-refractivity contribution in [1.29, 1.82) is 0 Å². The van der Waals surface area contributed by atoms with Crippen LogP contribution in [0.4, 0.5) is 4.39 Å². The molecule has 2 nitrogen and oxygen atoms in total. The number of hydrogen-bond donors (Lipinski definition) is 1. The first kappa shape index (κ1) is 8.94. The van der Waals surface area contributed by atoms with Gasteiger partial charge in [-0.05, 0) is 31.5 Å². The van der Waals surface area contributed by atoms with Gasteiger partial charge < -0.3 is 5.11 Å². The third kappa shape index (κ3) is 1.31. The first-order valence-electron chi connectivity index (χ1n) is 4.34. The number of phenolic OH excluding ortho intramolecular Hbond substituents is 1. The summed E-state index contributed by atoms with van der Waals surface area (Å²) >= 11 is 0. The molecule has 3 heteroatoms. The predicted octanol–water partition coefficient (Wildman–Crippen LogP) is 2.70. The molecule has 0 aliphatic heterocycles. The molecule has 2 aromatic rings. The van der Waals surface area contributed by atoms with E-state index in [1.807, 2.05) is 19.9 Å². The summed E-state index contributed by atoms with van der Waals surface area (Å²) < 4.78 is 13.0. The molecule has 0 radical (unpaired) electrons. The molecular weight excluding hydrogens is 181 g/mol. The van der Waals surface area contributed by atoms with Crippen molar-refractivity contribution in [2.45, 2.75) is 13.8 Å². The lowest BCUT2D eigenvalue weighted by atomic mass is 10.1. The molecule has 0 amide bonds. The summed E-state index contributed by atoms with van der Waals surface area (Å²) in [5.41, 5.74) is 2.53. The Morgan fingerprint density at radius 2 is 1.93 bits per heavy atom.